The molecule has 3 fully saturated rings. The number of nitro groups is 1. The van der Waals surface area contributed by atoms with Crippen LogP contribution < -0.4 is 0 Å². The quantitative estimate of drug-likeness (QED) is 0.373. The number of rotatable bonds is 4. The van der Waals surface area contributed by atoms with Gasteiger partial charge in [-0.25, -0.2) is 8.42 Å². The molecule has 0 radical (unpaired) electrons. The zero-order chi connectivity index (χ0) is 23.8. The summed E-state index contributed by atoms with van der Waals surface area (Å²) in [7, 11) is -2.44. The first-order valence-corrected chi connectivity index (χ1v) is 12.7. The van der Waals surface area contributed by atoms with Gasteiger partial charge in [0, 0.05) is 31.6 Å². The number of hydrogen-bond acceptors (Lipinski definition) is 7. The fourth-order valence-electron chi connectivity index (χ4n) is 6.89. The van der Waals surface area contributed by atoms with E-state index in [1.54, 1.807) is 14.0 Å². The van der Waals surface area contributed by atoms with Crippen LogP contribution in [0.5, 0.6) is 0 Å². The van der Waals surface area contributed by atoms with E-state index in [2.05, 4.69) is 0 Å². The normalized spacial score (nSPS) is 40.3. The van der Waals surface area contributed by atoms with Crippen LogP contribution in [0, 0.1) is 22.0 Å². The molecule has 0 N–H and O–H groups in total. The van der Waals surface area contributed by atoms with Gasteiger partial charge in [0.05, 0.1) is 33.6 Å². The van der Waals surface area contributed by atoms with Gasteiger partial charge in [0.1, 0.15) is 5.60 Å². The molecule has 1 aliphatic carbocycles. The van der Waals surface area contributed by atoms with E-state index >= 15 is 0 Å². The summed E-state index contributed by atoms with van der Waals surface area (Å²) in [5.74, 6) is -0.332. The molecular weight excluding hydrogens is 448 g/mol. The molecule has 0 aromatic heterocycles. The first-order valence-electron chi connectivity index (χ1n) is 11.3. The van der Waals surface area contributed by atoms with Crippen molar-refractivity contribution in [2.45, 2.75) is 73.8 Å². The number of carbonyl (C=O) groups is 1. The topological polar surface area (TPSA) is 116 Å². The molecule has 2 bridgehead atoms. The second-order valence-electron chi connectivity index (χ2n) is 9.68. The number of benzene rings is 1. The summed E-state index contributed by atoms with van der Waals surface area (Å²) in [6.45, 7) is 3.67. The van der Waals surface area contributed by atoms with Crippen molar-refractivity contribution in [2.24, 2.45) is 11.8 Å². The Hall–Kier alpha value is -2.14. The minimum atomic E-state index is -4.10. The molecule has 2 saturated heterocycles. The van der Waals surface area contributed by atoms with Gasteiger partial charge in [-0.1, -0.05) is 18.6 Å². The second kappa shape index (κ2) is 7.43. The third kappa shape index (κ3) is 2.87. The lowest BCUT2D eigenvalue weighted by Crippen LogP contribution is -2.79. The van der Waals surface area contributed by atoms with Crippen LogP contribution in [-0.4, -0.2) is 59.9 Å². The van der Waals surface area contributed by atoms with Gasteiger partial charge in [-0.3, -0.25) is 14.9 Å². The maximum atomic E-state index is 14.1. The highest BCUT2D eigenvalue weighted by molar-refractivity contribution is 7.89. The number of nitrogens with zero attached hydrogens (tertiary/aromatic N) is 2. The molecule has 1 saturated carbocycles. The van der Waals surface area contributed by atoms with Gasteiger partial charge in [-0.2, -0.15) is 4.31 Å². The molecule has 1 spiro atoms. The minimum absolute atomic E-state index is 0.0266. The average molecular weight is 477 g/mol. The number of Topliss-reactive ketones (excluding diaryl/α,β-unsaturated/α-hetero) is 1. The van der Waals surface area contributed by atoms with Crippen LogP contribution >= 0.6 is 0 Å². The Bertz CT molecular complexity index is 1130. The summed E-state index contributed by atoms with van der Waals surface area (Å²) in [5, 5.41) is 11.1. The van der Waals surface area contributed by atoms with Gasteiger partial charge in [0.2, 0.25) is 10.0 Å². The lowest BCUT2D eigenvalue weighted by Gasteiger charge is -2.64. The highest BCUT2D eigenvalue weighted by Gasteiger charge is 2.73. The lowest BCUT2D eigenvalue weighted by atomic mass is 9.56. The van der Waals surface area contributed by atoms with Crippen LogP contribution in [0.4, 0.5) is 5.69 Å². The zero-order valence-corrected chi connectivity index (χ0v) is 19.7. The number of ether oxygens (including phenoxy) is 2. The van der Waals surface area contributed by atoms with Crippen LogP contribution in [0.2, 0.25) is 0 Å². The molecule has 10 heteroatoms. The Morgan fingerprint density at radius 2 is 1.94 bits per heavy atom. The Labute approximate surface area is 192 Å². The van der Waals surface area contributed by atoms with Crippen molar-refractivity contribution in [3.63, 3.8) is 0 Å². The molecule has 3 heterocycles. The number of ketones is 1. The summed E-state index contributed by atoms with van der Waals surface area (Å²) in [6.07, 6.45) is 5.84. The van der Waals surface area contributed by atoms with Crippen molar-refractivity contribution in [1.29, 1.82) is 0 Å². The monoisotopic (exact) mass is 476 g/mol. The Morgan fingerprint density at radius 1 is 1.24 bits per heavy atom. The molecule has 33 heavy (non-hydrogen) atoms. The van der Waals surface area contributed by atoms with Gasteiger partial charge in [-0.05, 0) is 44.7 Å². The smallest absolute Gasteiger partial charge is 0.269 e. The first kappa shape index (κ1) is 22.6. The predicted molar refractivity (Wildman–Crippen MR) is 118 cm³/mol. The number of nitro benzene ring substituents is 1. The average Bonchev–Trinajstić information content (AvgIpc) is 3.13. The fraction of sp³-hybridized carbons (Fsp3) is 0.609. The van der Waals surface area contributed by atoms with E-state index in [4.69, 9.17) is 9.47 Å². The Morgan fingerprint density at radius 3 is 2.58 bits per heavy atom. The molecule has 9 nitrogen and oxygen atoms in total. The largest absolute Gasteiger partial charge is 0.381 e. The maximum absolute atomic E-state index is 14.1. The molecule has 3 aliphatic heterocycles. The molecule has 1 aromatic carbocycles. The van der Waals surface area contributed by atoms with E-state index in [1.165, 1.54) is 28.6 Å². The number of methoxy groups -OCH3 is 1. The number of fused-ring (bicyclic) bond motifs is 2. The van der Waals surface area contributed by atoms with Gasteiger partial charge < -0.3 is 9.47 Å². The van der Waals surface area contributed by atoms with Crippen molar-refractivity contribution in [3.8, 4) is 0 Å². The number of hydrogen-bond donors (Lipinski definition) is 0. The van der Waals surface area contributed by atoms with Gasteiger partial charge in [0.25, 0.3) is 5.69 Å². The van der Waals surface area contributed by atoms with Crippen LogP contribution in [-0.2, 0) is 24.3 Å². The van der Waals surface area contributed by atoms with Crippen molar-refractivity contribution < 1.29 is 27.6 Å². The highest BCUT2D eigenvalue weighted by atomic mass is 32.2. The summed E-state index contributed by atoms with van der Waals surface area (Å²) < 4.78 is 41.8. The molecular formula is C23H28N2O7S. The Balaban J connectivity index is 1.68. The van der Waals surface area contributed by atoms with E-state index in [9.17, 15) is 23.3 Å². The van der Waals surface area contributed by atoms with E-state index in [0.29, 0.717) is 0 Å². The molecule has 1 aromatic rings. The summed E-state index contributed by atoms with van der Waals surface area (Å²) in [6, 6.07) is 4.29. The zero-order valence-electron chi connectivity index (χ0n) is 18.8. The summed E-state index contributed by atoms with van der Waals surface area (Å²) >= 11 is 0. The molecule has 0 amide bonds. The van der Waals surface area contributed by atoms with Gasteiger partial charge in [0.15, 0.2) is 5.78 Å². The number of non-ortho nitro benzene ring substituents is 1. The molecule has 178 valence electrons. The number of piperidine rings is 1. The maximum Gasteiger partial charge on any atom is 0.269 e. The predicted octanol–water partition coefficient (Wildman–Crippen LogP) is 2.84. The molecule has 0 unspecified atom stereocenters. The van der Waals surface area contributed by atoms with Crippen LogP contribution in [0.3, 0.4) is 0 Å². The molecule has 5 rings (SSSR count). The Kier molecular flexibility index (Phi) is 5.10. The minimum Gasteiger partial charge on any atom is -0.381 e. The van der Waals surface area contributed by atoms with Crippen molar-refractivity contribution >= 4 is 21.5 Å². The number of carbonyl (C=O) groups excluding carboxylic acids is 1. The standard InChI is InChI=1S/C23H28N2O7S/c1-14-21-18(5-4-6-19(21)31-3)23-12-11-16(13-20(26)22(23,2)32-14)24(23)33(29,30)17-9-7-15(8-10-17)25(27)28/h7-12,14,16,18-19,21H,4-6,13H2,1-3H3/t14-,16+,18-,19+,21-,22-,23+/m0/s1. The van der Waals surface area contributed by atoms with E-state index < -0.39 is 32.1 Å². The van der Waals surface area contributed by atoms with Crippen LogP contribution in [0.1, 0.15) is 39.5 Å². The van der Waals surface area contributed by atoms with Crippen molar-refractivity contribution in [1.82, 2.24) is 4.31 Å². The van der Waals surface area contributed by atoms with E-state index in [-0.39, 0.29) is 46.8 Å². The van der Waals surface area contributed by atoms with E-state index in [1.807, 2.05) is 19.1 Å². The molecule has 4 aliphatic rings. The van der Waals surface area contributed by atoms with Crippen LogP contribution in [0.25, 0.3) is 0 Å². The third-order valence-electron chi connectivity index (χ3n) is 8.26. The van der Waals surface area contributed by atoms with Gasteiger partial charge in [-0.15, -0.1) is 0 Å². The van der Waals surface area contributed by atoms with E-state index in [0.717, 1.165) is 19.3 Å². The second-order valence-corrected chi connectivity index (χ2v) is 11.5. The van der Waals surface area contributed by atoms with Crippen molar-refractivity contribution in [3.05, 3.63) is 46.5 Å². The summed E-state index contributed by atoms with van der Waals surface area (Å²) in [4.78, 5) is 23.9. The van der Waals surface area contributed by atoms with Crippen LogP contribution in [0.15, 0.2) is 41.3 Å². The summed E-state index contributed by atoms with van der Waals surface area (Å²) in [5.41, 5.74) is -2.69. The third-order valence-corrected chi connectivity index (χ3v) is 10.2. The molecule has 7 atom stereocenters. The van der Waals surface area contributed by atoms with Gasteiger partial charge >= 0.3 is 0 Å². The van der Waals surface area contributed by atoms with Crippen molar-refractivity contribution in [2.75, 3.05) is 7.11 Å². The lowest BCUT2D eigenvalue weighted by molar-refractivity contribution is -0.384. The number of sulfonamides is 1. The highest BCUT2D eigenvalue weighted by Crippen LogP contribution is 2.60. The first-order chi connectivity index (χ1) is 15.6. The fourth-order valence-corrected chi connectivity index (χ4v) is 8.87. The SMILES string of the molecule is CO[C@@H]1CCC[C@H]2[C@@H]1[C@H](C)O[C@@]1(C)C(=O)C[C@H]3C=C[C@@]21N3S(=O)(=O)c1ccc([N+](=O)[O-])cc1.